The summed E-state index contributed by atoms with van der Waals surface area (Å²) in [6.45, 7) is 6.28. The van der Waals surface area contributed by atoms with Gasteiger partial charge in [0.05, 0.1) is 6.61 Å². The van der Waals surface area contributed by atoms with Gasteiger partial charge in [-0.15, -0.1) is 12.4 Å². The molecule has 0 saturated carbocycles. The number of carbonyl (C=O) groups excluding carboxylic acids is 1. The van der Waals surface area contributed by atoms with Crippen molar-refractivity contribution in [3.8, 4) is 0 Å². The van der Waals surface area contributed by atoms with Crippen LogP contribution in [0.4, 0.5) is 4.79 Å². The second kappa shape index (κ2) is 6.27. The van der Waals surface area contributed by atoms with Crippen LogP contribution in [0.25, 0.3) is 0 Å². The van der Waals surface area contributed by atoms with E-state index < -0.39 is 11.7 Å². The van der Waals surface area contributed by atoms with Crippen LogP contribution in [0.2, 0.25) is 0 Å². The Morgan fingerprint density at radius 2 is 2.19 bits per heavy atom. The molecule has 1 aliphatic heterocycles. The molecule has 96 valence electrons. The highest BCUT2D eigenvalue weighted by atomic mass is 35.5. The van der Waals surface area contributed by atoms with Crippen LogP contribution < -0.4 is 10.6 Å². The minimum Gasteiger partial charge on any atom is -0.444 e. The SMILES string of the molecule is CC(C)(C)OC(=O)N[C@H]1CNC(CO)C1.Cl. The Balaban J connectivity index is 0.00000225. The van der Waals surface area contributed by atoms with Gasteiger partial charge in [0.2, 0.25) is 0 Å². The fourth-order valence-corrected chi connectivity index (χ4v) is 1.54. The molecule has 16 heavy (non-hydrogen) atoms. The van der Waals surface area contributed by atoms with Crippen molar-refractivity contribution in [2.45, 2.75) is 44.9 Å². The number of ether oxygens (including phenoxy) is 1. The molecule has 0 aliphatic carbocycles. The molecule has 1 heterocycles. The number of halogens is 1. The molecule has 1 fully saturated rings. The number of hydrogen-bond acceptors (Lipinski definition) is 4. The Hall–Kier alpha value is -0.520. The monoisotopic (exact) mass is 252 g/mol. The van der Waals surface area contributed by atoms with E-state index in [4.69, 9.17) is 9.84 Å². The highest BCUT2D eigenvalue weighted by Gasteiger charge is 2.26. The molecule has 3 N–H and O–H groups in total. The minimum atomic E-state index is -0.466. The van der Waals surface area contributed by atoms with Crippen molar-refractivity contribution in [2.24, 2.45) is 0 Å². The first-order chi connectivity index (χ1) is 6.90. The van der Waals surface area contributed by atoms with Crippen LogP contribution in [0.5, 0.6) is 0 Å². The van der Waals surface area contributed by atoms with Gasteiger partial charge in [0.25, 0.3) is 0 Å². The lowest BCUT2D eigenvalue weighted by molar-refractivity contribution is 0.0507. The van der Waals surface area contributed by atoms with Crippen LogP contribution in [-0.4, -0.2) is 42.0 Å². The first-order valence-electron chi connectivity index (χ1n) is 5.24. The highest BCUT2D eigenvalue weighted by Crippen LogP contribution is 2.09. The van der Waals surface area contributed by atoms with Crippen LogP contribution in [-0.2, 0) is 4.74 Å². The standard InChI is InChI=1S/C10H20N2O3.ClH/c1-10(2,3)15-9(14)12-7-4-8(6-13)11-5-7;/h7-8,11,13H,4-6H2,1-3H3,(H,12,14);1H/t7-,8?;/m1./s1. The van der Waals surface area contributed by atoms with E-state index in [2.05, 4.69) is 10.6 Å². The summed E-state index contributed by atoms with van der Waals surface area (Å²) in [5, 5.41) is 14.8. The van der Waals surface area contributed by atoms with Gasteiger partial charge in [0.1, 0.15) is 5.60 Å². The first-order valence-corrected chi connectivity index (χ1v) is 5.24. The van der Waals surface area contributed by atoms with Gasteiger partial charge in [0.15, 0.2) is 0 Å². The molecule has 0 radical (unpaired) electrons. The number of alkyl carbamates (subject to hydrolysis) is 1. The fourth-order valence-electron chi connectivity index (χ4n) is 1.54. The summed E-state index contributed by atoms with van der Waals surface area (Å²) in [5.74, 6) is 0. The van der Waals surface area contributed by atoms with E-state index in [9.17, 15) is 4.79 Å². The van der Waals surface area contributed by atoms with Gasteiger partial charge in [-0.1, -0.05) is 0 Å². The first kappa shape index (κ1) is 15.5. The average molecular weight is 253 g/mol. The van der Waals surface area contributed by atoms with Gasteiger partial charge in [-0.2, -0.15) is 0 Å². The van der Waals surface area contributed by atoms with E-state index in [-0.39, 0.29) is 31.1 Å². The highest BCUT2D eigenvalue weighted by molar-refractivity contribution is 5.85. The van der Waals surface area contributed by atoms with E-state index in [0.29, 0.717) is 6.54 Å². The van der Waals surface area contributed by atoms with E-state index in [1.807, 2.05) is 20.8 Å². The number of carbonyl (C=O) groups is 1. The predicted octanol–water partition coefficient (Wildman–Crippen LogP) is 0.656. The van der Waals surface area contributed by atoms with Gasteiger partial charge in [-0.05, 0) is 27.2 Å². The zero-order valence-electron chi connectivity index (χ0n) is 9.95. The molecule has 1 aliphatic rings. The van der Waals surface area contributed by atoms with Gasteiger partial charge < -0.3 is 20.5 Å². The van der Waals surface area contributed by atoms with Gasteiger partial charge in [-0.3, -0.25) is 0 Å². The van der Waals surface area contributed by atoms with Crippen LogP contribution in [0.3, 0.4) is 0 Å². The Bertz CT molecular complexity index is 231. The van der Waals surface area contributed by atoms with Crippen molar-refractivity contribution >= 4 is 18.5 Å². The fraction of sp³-hybridized carbons (Fsp3) is 0.900. The normalized spacial score (nSPS) is 24.8. The lowest BCUT2D eigenvalue weighted by atomic mass is 10.2. The van der Waals surface area contributed by atoms with Crippen molar-refractivity contribution in [2.75, 3.05) is 13.2 Å². The van der Waals surface area contributed by atoms with E-state index in [1.54, 1.807) is 0 Å². The van der Waals surface area contributed by atoms with Gasteiger partial charge in [0, 0.05) is 18.6 Å². The summed E-state index contributed by atoms with van der Waals surface area (Å²) >= 11 is 0. The largest absolute Gasteiger partial charge is 0.444 e. The second-order valence-electron chi connectivity index (χ2n) is 4.87. The average Bonchev–Trinajstić information content (AvgIpc) is 2.48. The van der Waals surface area contributed by atoms with Crippen molar-refractivity contribution < 1.29 is 14.6 Å². The molecular formula is C10H21ClN2O3. The summed E-state index contributed by atoms with van der Waals surface area (Å²) in [6, 6.07) is 0.141. The third-order valence-corrected chi connectivity index (χ3v) is 2.16. The zero-order valence-corrected chi connectivity index (χ0v) is 10.8. The molecule has 1 saturated heterocycles. The summed E-state index contributed by atoms with van der Waals surface area (Å²) in [7, 11) is 0. The number of aliphatic hydroxyl groups is 1. The third kappa shape index (κ3) is 5.53. The number of nitrogens with one attached hydrogen (secondary N) is 2. The molecule has 2 atom stereocenters. The number of amides is 1. The van der Waals surface area contributed by atoms with Crippen LogP contribution in [0, 0.1) is 0 Å². The van der Waals surface area contributed by atoms with Crippen molar-refractivity contribution in [3.05, 3.63) is 0 Å². The van der Waals surface area contributed by atoms with Crippen LogP contribution in [0.1, 0.15) is 27.2 Å². The number of rotatable bonds is 2. The van der Waals surface area contributed by atoms with Crippen LogP contribution >= 0.6 is 12.4 Å². The summed E-state index contributed by atoms with van der Waals surface area (Å²) in [5.41, 5.74) is -0.466. The molecule has 1 rings (SSSR count). The van der Waals surface area contributed by atoms with Gasteiger partial charge in [-0.25, -0.2) is 4.79 Å². The molecule has 0 bridgehead atoms. The molecular weight excluding hydrogens is 232 g/mol. The summed E-state index contributed by atoms with van der Waals surface area (Å²) < 4.78 is 5.13. The van der Waals surface area contributed by atoms with E-state index >= 15 is 0 Å². The Kier molecular flexibility index (Phi) is 6.07. The smallest absolute Gasteiger partial charge is 0.407 e. The lowest BCUT2D eigenvalue weighted by Crippen LogP contribution is -2.40. The molecule has 1 amide bonds. The van der Waals surface area contributed by atoms with E-state index in [1.165, 1.54) is 0 Å². The maximum absolute atomic E-state index is 11.4. The molecule has 0 aromatic heterocycles. The molecule has 5 nitrogen and oxygen atoms in total. The zero-order chi connectivity index (χ0) is 11.5. The van der Waals surface area contributed by atoms with Crippen molar-refractivity contribution in [1.82, 2.24) is 10.6 Å². The maximum atomic E-state index is 11.4. The topological polar surface area (TPSA) is 70.6 Å². The summed E-state index contributed by atoms with van der Waals surface area (Å²) in [4.78, 5) is 11.4. The molecule has 0 aromatic rings. The maximum Gasteiger partial charge on any atom is 0.407 e. The molecule has 1 unspecified atom stereocenters. The van der Waals surface area contributed by atoms with Crippen molar-refractivity contribution in [3.63, 3.8) is 0 Å². The van der Waals surface area contributed by atoms with Crippen LogP contribution in [0.15, 0.2) is 0 Å². The summed E-state index contributed by atoms with van der Waals surface area (Å²) in [6.07, 6.45) is 0.350. The lowest BCUT2D eigenvalue weighted by Gasteiger charge is -2.21. The van der Waals surface area contributed by atoms with Crippen molar-refractivity contribution in [1.29, 1.82) is 0 Å². The minimum absolute atomic E-state index is 0. The van der Waals surface area contributed by atoms with Gasteiger partial charge >= 0.3 is 6.09 Å². The Morgan fingerprint density at radius 3 is 2.62 bits per heavy atom. The molecule has 0 spiro atoms. The molecule has 0 aromatic carbocycles. The Labute approximate surface area is 102 Å². The molecule has 6 heteroatoms. The number of hydrogen-bond donors (Lipinski definition) is 3. The predicted molar refractivity (Wildman–Crippen MR) is 63.9 cm³/mol. The third-order valence-electron chi connectivity index (χ3n) is 2.16. The number of aliphatic hydroxyl groups excluding tert-OH is 1. The Morgan fingerprint density at radius 1 is 1.56 bits per heavy atom. The quantitative estimate of drug-likeness (QED) is 0.675. The van der Waals surface area contributed by atoms with E-state index in [0.717, 1.165) is 6.42 Å². The second-order valence-corrected chi connectivity index (χ2v) is 4.87.